The van der Waals surface area contributed by atoms with Gasteiger partial charge in [0, 0.05) is 18.8 Å². The van der Waals surface area contributed by atoms with Crippen molar-refractivity contribution in [3.05, 3.63) is 23.2 Å². The van der Waals surface area contributed by atoms with Gasteiger partial charge in [-0.3, -0.25) is 0 Å². The van der Waals surface area contributed by atoms with Gasteiger partial charge in [-0.05, 0) is 24.1 Å². The molecule has 0 aromatic heterocycles. The summed E-state index contributed by atoms with van der Waals surface area (Å²) in [5.74, 6) is 1.11. The van der Waals surface area contributed by atoms with Crippen LogP contribution in [0.2, 0.25) is 5.02 Å². The Bertz CT molecular complexity index is 385. The van der Waals surface area contributed by atoms with Gasteiger partial charge in [0.25, 0.3) is 0 Å². The molecule has 2 N–H and O–H groups in total. The fraction of sp³-hybridized carbons (Fsp3) is 0.571. The third-order valence-electron chi connectivity index (χ3n) is 2.46. The van der Waals surface area contributed by atoms with Gasteiger partial charge < -0.3 is 19.9 Å². The highest BCUT2D eigenvalue weighted by Gasteiger charge is 2.06. The van der Waals surface area contributed by atoms with Gasteiger partial charge in [-0.2, -0.15) is 0 Å². The number of anilines is 1. The molecular weight excluding hydrogens is 266 g/mol. The Kier molecular flexibility index (Phi) is 6.99. The van der Waals surface area contributed by atoms with Crippen LogP contribution in [-0.4, -0.2) is 38.1 Å². The maximum Gasteiger partial charge on any atom is 0.137 e. The zero-order valence-corrected chi connectivity index (χ0v) is 12.4. The van der Waals surface area contributed by atoms with Crippen molar-refractivity contribution in [2.45, 2.75) is 20.0 Å². The lowest BCUT2D eigenvalue weighted by Crippen LogP contribution is -2.25. The van der Waals surface area contributed by atoms with Gasteiger partial charge in [0.05, 0.1) is 24.8 Å². The number of rotatable bonds is 8. The number of hydrogen-bond acceptors (Lipinski definition) is 4. The summed E-state index contributed by atoms with van der Waals surface area (Å²) in [7, 11) is 1.57. The van der Waals surface area contributed by atoms with Gasteiger partial charge in [-0.1, -0.05) is 25.4 Å². The monoisotopic (exact) mass is 287 g/mol. The Labute approximate surface area is 119 Å². The van der Waals surface area contributed by atoms with Crippen molar-refractivity contribution in [3.8, 4) is 5.75 Å². The second-order valence-corrected chi connectivity index (χ2v) is 5.22. The number of ether oxygens (including phenoxy) is 2. The standard InChI is InChI=1S/C14H22ClNO3/c1-10(2)8-19-9-12(17)7-16-11-4-5-14(18-3)13(15)6-11/h4-6,10,12,16-17H,7-9H2,1-3H3. The molecule has 0 saturated carbocycles. The summed E-state index contributed by atoms with van der Waals surface area (Å²) in [6, 6.07) is 5.40. The Balaban J connectivity index is 2.33. The van der Waals surface area contributed by atoms with Crippen LogP contribution in [0, 0.1) is 5.92 Å². The minimum atomic E-state index is -0.542. The molecule has 0 spiro atoms. The average Bonchev–Trinajstić information content (AvgIpc) is 2.36. The lowest BCUT2D eigenvalue weighted by molar-refractivity contribution is 0.0318. The van der Waals surface area contributed by atoms with Gasteiger partial charge in [0.1, 0.15) is 5.75 Å². The molecule has 4 nitrogen and oxygen atoms in total. The van der Waals surface area contributed by atoms with Crippen molar-refractivity contribution in [1.29, 1.82) is 0 Å². The Morgan fingerprint density at radius 2 is 2.05 bits per heavy atom. The number of aliphatic hydroxyl groups excluding tert-OH is 1. The van der Waals surface area contributed by atoms with E-state index in [9.17, 15) is 5.11 Å². The highest BCUT2D eigenvalue weighted by atomic mass is 35.5. The summed E-state index contributed by atoms with van der Waals surface area (Å²) in [5, 5.41) is 13.4. The van der Waals surface area contributed by atoms with Crippen molar-refractivity contribution < 1.29 is 14.6 Å². The van der Waals surface area contributed by atoms with Crippen LogP contribution in [0.3, 0.4) is 0 Å². The van der Waals surface area contributed by atoms with Crippen LogP contribution in [0.25, 0.3) is 0 Å². The third kappa shape index (κ3) is 6.14. The Morgan fingerprint density at radius 1 is 1.32 bits per heavy atom. The second-order valence-electron chi connectivity index (χ2n) is 4.82. The number of nitrogens with one attached hydrogen (secondary N) is 1. The van der Waals surface area contributed by atoms with Crippen LogP contribution in [0.4, 0.5) is 5.69 Å². The quantitative estimate of drug-likeness (QED) is 0.772. The molecule has 0 bridgehead atoms. The molecule has 0 aliphatic heterocycles. The predicted molar refractivity (Wildman–Crippen MR) is 78.2 cm³/mol. The molecule has 0 aliphatic carbocycles. The lowest BCUT2D eigenvalue weighted by atomic mass is 10.2. The van der Waals surface area contributed by atoms with Gasteiger partial charge in [0.15, 0.2) is 0 Å². The number of aliphatic hydroxyl groups is 1. The molecule has 108 valence electrons. The smallest absolute Gasteiger partial charge is 0.137 e. The normalized spacial score (nSPS) is 12.5. The summed E-state index contributed by atoms with van der Waals surface area (Å²) in [6.07, 6.45) is -0.542. The van der Waals surface area contributed by atoms with E-state index >= 15 is 0 Å². The van der Waals surface area contributed by atoms with E-state index in [1.807, 2.05) is 6.07 Å². The van der Waals surface area contributed by atoms with E-state index < -0.39 is 6.10 Å². The second kappa shape index (κ2) is 8.25. The van der Waals surface area contributed by atoms with Crippen LogP contribution in [0.5, 0.6) is 5.75 Å². The van der Waals surface area contributed by atoms with Crippen LogP contribution in [0.1, 0.15) is 13.8 Å². The molecule has 1 aromatic rings. The molecule has 1 rings (SSSR count). The largest absolute Gasteiger partial charge is 0.495 e. The van der Waals surface area contributed by atoms with E-state index in [-0.39, 0.29) is 0 Å². The number of hydrogen-bond donors (Lipinski definition) is 2. The van der Waals surface area contributed by atoms with Crippen molar-refractivity contribution >= 4 is 17.3 Å². The summed E-state index contributed by atoms with van der Waals surface area (Å²) in [4.78, 5) is 0. The SMILES string of the molecule is COc1ccc(NCC(O)COCC(C)C)cc1Cl. The fourth-order valence-corrected chi connectivity index (χ4v) is 1.77. The molecular formula is C14H22ClNO3. The Morgan fingerprint density at radius 3 is 2.63 bits per heavy atom. The summed E-state index contributed by atoms with van der Waals surface area (Å²) in [5.41, 5.74) is 0.841. The van der Waals surface area contributed by atoms with E-state index in [1.54, 1.807) is 19.2 Å². The molecule has 1 atom stereocenters. The average molecular weight is 288 g/mol. The van der Waals surface area contributed by atoms with E-state index in [4.69, 9.17) is 21.1 Å². The van der Waals surface area contributed by atoms with Crippen molar-refractivity contribution in [2.75, 3.05) is 32.2 Å². The maximum atomic E-state index is 9.75. The van der Waals surface area contributed by atoms with Crippen molar-refractivity contribution in [1.82, 2.24) is 0 Å². The summed E-state index contributed by atoms with van der Waals surface area (Å²) >= 11 is 6.01. The number of halogens is 1. The molecule has 0 fully saturated rings. The first-order chi connectivity index (χ1) is 9.02. The van der Waals surface area contributed by atoms with Gasteiger partial charge in [-0.15, -0.1) is 0 Å². The van der Waals surface area contributed by atoms with E-state index in [1.165, 1.54) is 0 Å². The van der Waals surface area contributed by atoms with Gasteiger partial charge in [-0.25, -0.2) is 0 Å². The Hall–Kier alpha value is -0.970. The maximum absolute atomic E-state index is 9.75. The van der Waals surface area contributed by atoms with Gasteiger partial charge >= 0.3 is 0 Å². The molecule has 1 unspecified atom stereocenters. The fourth-order valence-electron chi connectivity index (χ4n) is 1.51. The highest BCUT2D eigenvalue weighted by Crippen LogP contribution is 2.27. The van der Waals surface area contributed by atoms with Gasteiger partial charge in [0.2, 0.25) is 0 Å². The molecule has 19 heavy (non-hydrogen) atoms. The summed E-state index contributed by atoms with van der Waals surface area (Å²) in [6.45, 7) is 5.55. The number of benzene rings is 1. The van der Waals surface area contributed by atoms with E-state index in [0.717, 1.165) is 5.69 Å². The lowest BCUT2D eigenvalue weighted by Gasteiger charge is -2.14. The summed E-state index contributed by atoms with van der Waals surface area (Å²) < 4.78 is 10.4. The van der Waals surface area contributed by atoms with Crippen LogP contribution >= 0.6 is 11.6 Å². The van der Waals surface area contributed by atoms with Crippen LogP contribution in [-0.2, 0) is 4.74 Å². The van der Waals surface area contributed by atoms with Crippen molar-refractivity contribution in [2.24, 2.45) is 5.92 Å². The molecule has 0 heterocycles. The first kappa shape index (κ1) is 16.1. The molecule has 5 heteroatoms. The predicted octanol–water partition coefficient (Wildman–Crippen LogP) is 2.79. The zero-order chi connectivity index (χ0) is 14.3. The van der Waals surface area contributed by atoms with Crippen LogP contribution in [0.15, 0.2) is 18.2 Å². The molecule has 0 radical (unpaired) electrons. The van der Waals surface area contributed by atoms with Crippen LogP contribution < -0.4 is 10.1 Å². The minimum Gasteiger partial charge on any atom is -0.495 e. The first-order valence-electron chi connectivity index (χ1n) is 6.36. The minimum absolute atomic E-state index is 0.328. The van der Waals surface area contributed by atoms with E-state index in [0.29, 0.717) is 36.4 Å². The van der Waals surface area contributed by atoms with E-state index in [2.05, 4.69) is 19.2 Å². The van der Waals surface area contributed by atoms with Crippen molar-refractivity contribution in [3.63, 3.8) is 0 Å². The first-order valence-corrected chi connectivity index (χ1v) is 6.74. The zero-order valence-electron chi connectivity index (χ0n) is 11.6. The third-order valence-corrected chi connectivity index (χ3v) is 2.75. The molecule has 0 saturated heterocycles. The molecule has 1 aromatic carbocycles. The molecule has 0 amide bonds. The number of methoxy groups -OCH3 is 1. The topological polar surface area (TPSA) is 50.7 Å². The highest BCUT2D eigenvalue weighted by molar-refractivity contribution is 6.32. The molecule has 0 aliphatic rings.